The Balaban J connectivity index is 2.96. The van der Waals surface area contributed by atoms with E-state index in [9.17, 15) is 4.79 Å². The van der Waals surface area contributed by atoms with Crippen molar-refractivity contribution in [2.45, 2.75) is 19.9 Å². The number of benzene rings is 1. The zero-order chi connectivity index (χ0) is 11.6. The Morgan fingerprint density at radius 3 is 2.73 bits per heavy atom. The van der Waals surface area contributed by atoms with Crippen molar-refractivity contribution in [3.8, 4) is 0 Å². The monoisotopic (exact) mass is 290 g/mol. The number of halogens is 2. The minimum atomic E-state index is -0.544. The van der Waals surface area contributed by atoms with E-state index in [-0.39, 0.29) is 5.91 Å². The molecule has 1 amide bonds. The third-order valence-electron chi connectivity index (χ3n) is 1.92. The number of hydrogen-bond acceptors (Lipinski definition) is 2. The van der Waals surface area contributed by atoms with Gasteiger partial charge in [-0.3, -0.25) is 4.79 Å². The molecule has 3 N–H and O–H groups in total. The Labute approximate surface area is 102 Å². The molecule has 1 atom stereocenters. The molecule has 0 aliphatic carbocycles. The van der Waals surface area contributed by atoms with Crippen molar-refractivity contribution in [1.29, 1.82) is 0 Å². The molecule has 0 heterocycles. The molecular weight excluding hydrogens is 279 g/mol. The van der Waals surface area contributed by atoms with Gasteiger partial charge in [0.05, 0.1) is 11.7 Å². The summed E-state index contributed by atoms with van der Waals surface area (Å²) < 4.78 is 0.790. The zero-order valence-electron chi connectivity index (χ0n) is 8.47. The first-order valence-corrected chi connectivity index (χ1v) is 5.61. The highest BCUT2D eigenvalue weighted by Gasteiger charge is 2.10. The number of anilines is 1. The van der Waals surface area contributed by atoms with Gasteiger partial charge < -0.3 is 11.1 Å². The Bertz CT molecular complexity index is 393. The van der Waals surface area contributed by atoms with E-state index in [1.54, 1.807) is 13.0 Å². The maximum Gasteiger partial charge on any atom is 0.241 e. The van der Waals surface area contributed by atoms with Crippen LogP contribution in [0.15, 0.2) is 16.6 Å². The van der Waals surface area contributed by atoms with Crippen LogP contribution in [0.3, 0.4) is 0 Å². The summed E-state index contributed by atoms with van der Waals surface area (Å²) in [5.41, 5.74) is 7.02. The van der Waals surface area contributed by atoms with Gasteiger partial charge in [0.25, 0.3) is 0 Å². The third kappa shape index (κ3) is 3.19. The molecule has 0 unspecified atom stereocenters. The molecule has 0 saturated heterocycles. The lowest BCUT2D eigenvalue weighted by Crippen LogP contribution is -2.32. The molecule has 1 aromatic rings. The molecule has 3 nitrogen and oxygen atoms in total. The molecule has 82 valence electrons. The second kappa shape index (κ2) is 4.96. The average molecular weight is 292 g/mol. The zero-order valence-corrected chi connectivity index (χ0v) is 10.8. The fourth-order valence-corrected chi connectivity index (χ4v) is 1.71. The molecular formula is C10H12BrClN2O. The highest BCUT2D eigenvalue weighted by Crippen LogP contribution is 2.29. The number of aryl methyl sites for hydroxylation is 1. The van der Waals surface area contributed by atoms with E-state index in [1.165, 1.54) is 0 Å². The molecule has 0 aromatic heterocycles. The predicted octanol–water partition coefficient (Wildman–Crippen LogP) is 2.70. The first-order chi connectivity index (χ1) is 6.91. The summed E-state index contributed by atoms with van der Waals surface area (Å²) in [6, 6.07) is 3.00. The first-order valence-electron chi connectivity index (χ1n) is 4.44. The number of carbonyl (C=O) groups excluding carboxylic acids is 1. The molecule has 15 heavy (non-hydrogen) atoms. The van der Waals surface area contributed by atoms with E-state index in [0.717, 1.165) is 10.0 Å². The van der Waals surface area contributed by atoms with E-state index in [1.807, 2.05) is 13.0 Å². The molecule has 0 aliphatic rings. The van der Waals surface area contributed by atoms with Gasteiger partial charge in [0.2, 0.25) is 5.91 Å². The topological polar surface area (TPSA) is 55.1 Å². The third-order valence-corrected chi connectivity index (χ3v) is 2.98. The van der Waals surface area contributed by atoms with E-state index < -0.39 is 6.04 Å². The lowest BCUT2D eigenvalue weighted by atomic mass is 10.2. The van der Waals surface area contributed by atoms with Gasteiger partial charge in [0, 0.05) is 9.50 Å². The minimum absolute atomic E-state index is 0.240. The van der Waals surface area contributed by atoms with Crippen molar-refractivity contribution in [3.63, 3.8) is 0 Å². The van der Waals surface area contributed by atoms with Gasteiger partial charge in [-0.05, 0) is 47.5 Å². The van der Waals surface area contributed by atoms with Gasteiger partial charge in [-0.1, -0.05) is 11.6 Å². The van der Waals surface area contributed by atoms with Gasteiger partial charge in [-0.15, -0.1) is 0 Å². The summed E-state index contributed by atoms with van der Waals surface area (Å²) in [7, 11) is 0. The lowest BCUT2D eigenvalue weighted by molar-refractivity contribution is -0.117. The minimum Gasteiger partial charge on any atom is -0.324 e. The molecule has 5 heteroatoms. The number of hydrogen-bond donors (Lipinski definition) is 2. The largest absolute Gasteiger partial charge is 0.324 e. The average Bonchev–Trinajstić information content (AvgIpc) is 2.13. The van der Waals surface area contributed by atoms with Crippen LogP contribution in [0.2, 0.25) is 5.02 Å². The van der Waals surface area contributed by atoms with Crippen molar-refractivity contribution in [1.82, 2.24) is 0 Å². The molecule has 1 aromatic carbocycles. The van der Waals surface area contributed by atoms with Gasteiger partial charge >= 0.3 is 0 Å². The Morgan fingerprint density at radius 2 is 2.20 bits per heavy atom. The normalized spacial score (nSPS) is 12.3. The van der Waals surface area contributed by atoms with Crippen molar-refractivity contribution >= 4 is 39.1 Å². The van der Waals surface area contributed by atoms with E-state index in [0.29, 0.717) is 10.7 Å². The van der Waals surface area contributed by atoms with Gasteiger partial charge in [0.15, 0.2) is 0 Å². The summed E-state index contributed by atoms with van der Waals surface area (Å²) >= 11 is 9.29. The van der Waals surface area contributed by atoms with Gasteiger partial charge in [0.1, 0.15) is 0 Å². The van der Waals surface area contributed by atoms with Crippen molar-refractivity contribution in [3.05, 3.63) is 27.2 Å². The second-order valence-corrected chi connectivity index (χ2v) is 4.62. The van der Waals surface area contributed by atoms with Crippen LogP contribution < -0.4 is 11.1 Å². The molecule has 0 fully saturated rings. The fraction of sp³-hybridized carbons (Fsp3) is 0.300. The maximum absolute atomic E-state index is 11.4. The molecule has 0 spiro atoms. The molecule has 0 aliphatic heterocycles. The van der Waals surface area contributed by atoms with Crippen LogP contribution in [0.5, 0.6) is 0 Å². The molecule has 1 rings (SSSR count). The van der Waals surface area contributed by atoms with Crippen molar-refractivity contribution < 1.29 is 4.79 Å². The number of carbonyl (C=O) groups is 1. The Kier molecular flexibility index (Phi) is 4.13. The maximum atomic E-state index is 11.4. The number of nitrogens with one attached hydrogen (secondary N) is 1. The Morgan fingerprint density at radius 1 is 1.60 bits per heavy atom. The molecule has 0 bridgehead atoms. The second-order valence-electron chi connectivity index (χ2n) is 3.36. The fourth-order valence-electron chi connectivity index (χ4n) is 0.989. The number of nitrogens with two attached hydrogens (primary N) is 1. The van der Waals surface area contributed by atoms with Crippen LogP contribution in [0.4, 0.5) is 5.69 Å². The lowest BCUT2D eigenvalue weighted by Gasteiger charge is -2.11. The van der Waals surface area contributed by atoms with Crippen molar-refractivity contribution in [2.24, 2.45) is 5.73 Å². The van der Waals surface area contributed by atoms with E-state index in [4.69, 9.17) is 17.3 Å². The summed E-state index contributed by atoms with van der Waals surface area (Å²) in [6.07, 6.45) is 0. The van der Waals surface area contributed by atoms with Crippen LogP contribution in [0, 0.1) is 6.92 Å². The highest BCUT2D eigenvalue weighted by molar-refractivity contribution is 9.10. The van der Waals surface area contributed by atoms with E-state index in [2.05, 4.69) is 21.2 Å². The van der Waals surface area contributed by atoms with Crippen molar-refractivity contribution in [2.75, 3.05) is 5.32 Å². The quantitative estimate of drug-likeness (QED) is 0.880. The first kappa shape index (κ1) is 12.5. The van der Waals surface area contributed by atoms with E-state index >= 15 is 0 Å². The number of amides is 1. The van der Waals surface area contributed by atoms with Crippen LogP contribution in [-0.2, 0) is 4.79 Å². The summed E-state index contributed by atoms with van der Waals surface area (Å²) in [5, 5.41) is 3.29. The smallest absolute Gasteiger partial charge is 0.241 e. The van der Waals surface area contributed by atoms with Crippen LogP contribution in [0.1, 0.15) is 12.5 Å². The summed E-state index contributed by atoms with van der Waals surface area (Å²) in [6.45, 7) is 3.52. The SMILES string of the molecule is Cc1cc(Br)c(NC(=O)[C@H](C)N)cc1Cl. The van der Waals surface area contributed by atoms with Crippen LogP contribution in [-0.4, -0.2) is 11.9 Å². The summed E-state index contributed by atoms with van der Waals surface area (Å²) in [4.78, 5) is 11.4. The molecule has 0 saturated carbocycles. The Hall–Kier alpha value is -0.580. The van der Waals surface area contributed by atoms with Gasteiger partial charge in [-0.2, -0.15) is 0 Å². The predicted molar refractivity (Wildman–Crippen MR) is 66.2 cm³/mol. The van der Waals surface area contributed by atoms with Gasteiger partial charge in [-0.25, -0.2) is 0 Å². The van der Waals surface area contributed by atoms with Crippen LogP contribution >= 0.6 is 27.5 Å². The molecule has 0 radical (unpaired) electrons. The number of rotatable bonds is 2. The highest BCUT2D eigenvalue weighted by atomic mass is 79.9. The summed E-state index contributed by atoms with van der Waals surface area (Å²) in [5.74, 6) is -0.240. The standard InChI is InChI=1S/C10H12BrClN2O/c1-5-3-7(11)9(4-8(5)12)14-10(15)6(2)13/h3-4,6H,13H2,1-2H3,(H,14,15)/t6-/m0/s1. The van der Waals surface area contributed by atoms with Crippen LogP contribution in [0.25, 0.3) is 0 Å².